The number of fused-ring (bicyclic) bond motifs is 1. The minimum Gasteiger partial charge on any atom is -0.377 e. The van der Waals surface area contributed by atoms with E-state index in [4.69, 9.17) is 4.74 Å². The number of H-pyrrole nitrogens is 1. The van der Waals surface area contributed by atoms with E-state index in [1.165, 1.54) is 0 Å². The van der Waals surface area contributed by atoms with Gasteiger partial charge in [0.25, 0.3) is 5.91 Å². The lowest BCUT2D eigenvalue weighted by molar-refractivity contribution is 0.102. The van der Waals surface area contributed by atoms with Crippen molar-refractivity contribution in [2.75, 3.05) is 12.4 Å². The molecule has 0 fully saturated rings. The molecule has 0 unspecified atom stereocenters. The van der Waals surface area contributed by atoms with E-state index in [0.717, 1.165) is 16.5 Å². The lowest BCUT2D eigenvalue weighted by atomic mass is 10.2. The third-order valence-corrected chi connectivity index (χ3v) is 4.38. The van der Waals surface area contributed by atoms with Crippen molar-refractivity contribution in [2.45, 2.75) is 6.61 Å². The van der Waals surface area contributed by atoms with Gasteiger partial charge in [0, 0.05) is 36.3 Å². The Morgan fingerprint density at radius 2 is 2.04 bits per heavy atom. The molecule has 0 spiro atoms. The van der Waals surface area contributed by atoms with E-state index in [2.05, 4.69) is 20.5 Å². The zero-order valence-electron chi connectivity index (χ0n) is 15.1. The molecule has 2 heterocycles. The van der Waals surface area contributed by atoms with Crippen molar-refractivity contribution in [3.8, 4) is 11.4 Å². The molecule has 0 aliphatic rings. The van der Waals surface area contributed by atoms with Crippen LogP contribution in [0.1, 0.15) is 16.3 Å². The van der Waals surface area contributed by atoms with E-state index in [1.54, 1.807) is 7.11 Å². The summed E-state index contributed by atoms with van der Waals surface area (Å²) in [6, 6.07) is 17.2. The van der Waals surface area contributed by atoms with Crippen molar-refractivity contribution in [3.63, 3.8) is 0 Å². The van der Waals surface area contributed by atoms with Crippen LogP contribution in [-0.2, 0) is 18.4 Å². The van der Waals surface area contributed by atoms with E-state index in [9.17, 15) is 4.79 Å². The van der Waals surface area contributed by atoms with Crippen LogP contribution in [0.3, 0.4) is 0 Å². The maximum Gasteiger partial charge on any atom is 0.272 e. The molecule has 0 aliphatic heterocycles. The van der Waals surface area contributed by atoms with Crippen LogP contribution < -0.4 is 5.32 Å². The van der Waals surface area contributed by atoms with Crippen LogP contribution in [0.2, 0.25) is 0 Å². The minimum absolute atomic E-state index is 0.166. The fraction of sp³-hybridized carbons (Fsp3) is 0.150. The monoisotopic (exact) mass is 361 g/mol. The quantitative estimate of drug-likeness (QED) is 0.571. The number of hydrogen-bond acceptors (Lipinski definition) is 4. The van der Waals surface area contributed by atoms with Crippen molar-refractivity contribution in [1.82, 2.24) is 19.7 Å². The number of anilines is 1. The van der Waals surface area contributed by atoms with Crippen LogP contribution in [0.4, 0.5) is 5.69 Å². The van der Waals surface area contributed by atoms with Gasteiger partial charge in [-0.05, 0) is 24.3 Å². The summed E-state index contributed by atoms with van der Waals surface area (Å²) in [5, 5.41) is 11.0. The number of para-hydroxylation sites is 1. The molecule has 0 saturated heterocycles. The Morgan fingerprint density at radius 3 is 2.85 bits per heavy atom. The summed E-state index contributed by atoms with van der Waals surface area (Å²) in [6.45, 7) is 0.366. The number of aromatic amines is 1. The highest BCUT2D eigenvalue weighted by Crippen LogP contribution is 2.22. The molecule has 4 rings (SSSR count). The Kier molecular flexibility index (Phi) is 4.43. The molecule has 2 aromatic heterocycles. The number of amides is 1. The SMILES string of the molecule is COCc1nc(-c2cccc(NC(=O)c3cc4ccccc4n3C)c2)n[nH]1. The normalized spacial score (nSPS) is 11.0. The molecule has 0 aliphatic carbocycles. The second-order valence-electron chi connectivity index (χ2n) is 6.22. The predicted molar refractivity (Wildman–Crippen MR) is 103 cm³/mol. The van der Waals surface area contributed by atoms with Gasteiger partial charge < -0.3 is 14.6 Å². The summed E-state index contributed by atoms with van der Waals surface area (Å²) in [5.41, 5.74) is 3.11. The molecule has 2 N–H and O–H groups in total. The van der Waals surface area contributed by atoms with Gasteiger partial charge in [0.2, 0.25) is 0 Å². The van der Waals surface area contributed by atoms with Crippen molar-refractivity contribution in [3.05, 3.63) is 66.1 Å². The topological polar surface area (TPSA) is 84.8 Å². The van der Waals surface area contributed by atoms with Gasteiger partial charge in [-0.1, -0.05) is 30.3 Å². The number of aryl methyl sites for hydroxylation is 1. The second kappa shape index (κ2) is 7.05. The summed E-state index contributed by atoms with van der Waals surface area (Å²) in [6.07, 6.45) is 0. The number of ether oxygens (including phenoxy) is 1. The number of nitrogens with one attached hydrogen (secondary N) is 2. The number of nitrogens with zero attached hydrogens (tertiary/aromatic N) is 3. The van der Waals surface area contributed by atoms with E-state index in [-0.39, 0.29) is 5.91 Å². The number of carbonyl (C=O) groups excluding carboxylic acids is 1. The molecule has 7 nitrogen and oxygen atoms in total. The van der Waals surface area contributed by atoms with Gasteiger partial charge in [0.15, 0.2) is 11.6 Å². The molecule has 4 aromatic rings. The first-order valence-corrected chi connectivity index (χ1v) is 8.52. The Morgan fingerprint density at radius 1 is 1.19 bits per heavy atom. The van der Waals surface area contributed by atoms with Crippen molar-refractivity contribution in [1.29, 1.82) is 0 Å². The largest absolute Gasteiger partial charge is 0.377 e. The van der Waals surface area contributed by atoms with E-state index >= 15 is 0 Å². The van der Waals surface area contributed by atoms with Crippen LogP contribution in [0, 0.1) is 0 Å². The summed E-state index contributed by atoms with van der Waals surface area (Å²) < 4.78 is 6.94. The molecule has 7 heteroatoms. The van der Waals surface area contributed by atoms with Gasteiger partial charge in [-0.25, -0.2) is 4.98 Å². The molecule has 2 aromatic carbocycles. The minimum atomic E-state index is -0.166. The first kappa shape index (κ1) is 17.0. The van der Waals surface area contributed by atoms with Crippen molar-refractivity contribution in [2.24, 2.45) is 7.05 Å². The fourth-order valence-corrected chi connectivity index (χ4v) is 3.06. The van der Waals surface area contributed by atoms with E-state index in [1.807, 2.05) is 66.2 Å². The fourth-order valence-electron chi connectivity index (χ4n) is 3.06. The lowest BCUT2D eigenvalue weighted by Gasteiger charge is -2.07. The van der Waals surface area contributed by atoms with Crippen molar-refractivity contribution < 1.29 is 9.53 Å². The lowest BCUT2D eigenvalue weighted by Crippen LogP contribution is -2.15. The number of aromatic nitrogens is 4. The molecule has 0 atom stereocenters. The number of methoxy groups -OCH3 is 1. The first-order valence-electron chi connectivity index (χ1n) is 8.52. The maximum absolute atomic E-state index is 12.8. The van der Waals surface area contributed by atoms with E-state index in [0.29, 0.717) is 29.6 Å². The molecular weight excluding hydrogens is 342 g/mol. The molecular formula is C20H19N5O2. The van der Waals surface area contributed by atoms with E-state index < -0.39 is 0 Å². The zero-order chi connectivity index (χ0) is 18.8. The third-order valence-electron chi connectivity index (χ3n) is 4.38. The van der Waals surface area contributed by atoms with Crippen LogP contribution in [-0.4, -0.2) is 32.8 Å². The highest BCUT2D eigenvalue weighted by molar-refractivity contribution is 6.06. The van der Waals surface area contributed by atoms with Crippen molar-refractivity contribution >= 4 is 22.5 Å². The summed E-state index contributed by atoms with van der Waals surface area (Å²) in [5.74, 6) is 1.04. The molecule has 0 radical (unpaired) electrons. The summed E-state index contributed by atoms with van der Waals surface area (Å²) in [7, 11) is 3.49. The van der Waals surface area contributed by atoms with Crippen LogP contribution in [0.5, 0.6) is 0 Å². The van der Waals surface area contributed by atoms with Crippen LogP contribution in [0.25, 0.3) is 22.3 Å². The second-order valence-corrected chi connectivity index (χ2v) is 6.22. The van der Waals surface area contributed by atoms with Gasteiger partial charge in [-0.2, -0.15) is 5.10 Å². The Bertz CT molecular complexity index is 1110. The smallest absolute Gasteiger partial charge is 0.272 e. The van der Waals surface area contributed by atoms with Gasteiger partial charge >= 0.3 is 0 Å². The first-order chi connectivity index (χ1) is 13.2. The Labute approximate surface area is 156 Å². The number of hydrogen-bond donors (Lipinski definition) is 2. The standard InChI is InChI=1S/C20H19N5O2/c1-25-16-9-4-3-6-13(16)11-17(25)20(26)21-15-8-5-7-14(10-15)19-22-18(12-27-2)23-24-19/h3-11H,12H2,1-2H3,(H,21,26)(H,22,23,24). The summed E-state index contributed by atoms with van der Waals surface area (Å²) in [4.78, 5) is 17.1. The molecule has 136 valence electrons. The maximum atomic E-state index is 12.8. The zero-order valence-corrected chi connectivity index (χ0v) is 15.1. The molecule has 27 heavy (non-hydrogen) atoms. The average Bonchev–Trinajstić information content (AvgIpc) is 3.28. The molecule has 1 amide bonds. The van der Waals surface area contributed by atoms with Crippen LogP contribution >= 0.6 is 0 Å². The predicted octanol–water partition coefficient (Wildman–Crippen LogP) is 3.36. The molecule has 0 bridgehead atoms. The highest BCUT2D eigenvalue weighted by Gasteiger charge is 2.14. The van der Waals surface area contributed by atoms with Gasteiger partial charge in [-0.15, -0.1) is 0 Å². The highest BCUT2D eigenvalue weighted by atomic mass is 16.5. The number of rotatable bonds is 5. The van der Waals surface area contributed by atoms with Gasteiger partial charge in [-0.3, -0.25) is 9.89 Å². The van der Waals surface area contributed by atoms with Crippen LogP contribution in [0.15, 0.2) is 54.6 Å². The van der Waals surface area contributed by atoms with Gasteiger partial charge in [0.05, 0.1) is 0 Å². The average molecular weight is 361 g/mol. The summed E-state index contributed by atoms with van der Waals surface area (Å²) >= 11 is 0. The van der Waals surface area contributed by atoms with Gasteiger partial charge in [0.1, 0.15) is 12.3 Å². The molecule has 0 saturated carbocycles. The Hall–Kier alpha value is -3.45. The number of benzene rings is 2. The third kappa shape index (κ3) is 3.32. The number of carbonyl (C=O) groups is 1. The Balaban J connectivity index is 1.58.